The van der Waals surface area contributed by atoms with E-state index in [0.29, 0.717) is 6.04 Å². The van der Waals surface area contributed by atoms with Gasteiger partial charge in [-0.25, -0.2) is 0 Å². The fraction of sp³-hybridized carbons (Fsp3) is 0.333. The monoisotopic (exact) mass is 304 g/mol. The second-order valence-electron chi connectivity index (χ2n) is 6.76. The second-order valence-corrected chi connectivity index (χ2v) is 6.76. The van der Waals surface area contributed by atoms with Gasteiger partial charge in [0.2, 0.25) is 0 Å². The largest absolute Gasteiger partial charge is 0.346 e. The molecule has 1 saturated heterocycles. The van der Waals surface area contributed by atoms with Crippen molar-refractivity contribution in [3.8, 4) is 0 Å². The summed E-state index contributed by atoms with van der Waals surface area (Å²) in [7, 11) is 2.26. The third-order valence-electron chi connectivity index (χ3n) is 5.19. The number of para-hydroxylation sites is 1. The van der Waals surface area contributed by atoms with Crippen LogP contribution in [0.3, 0.4) is 0 Å². The summed E-state index contributed by atoms with van der Waals surface area (Å²) in [6, 6.07) is 20.3. The van der Waals surface area contributed by atoms with Crippen molar-refractivity contribution >= 4 is 10.9 Å². The molecule has 0 aliphatic carbocycles. The molecule has 1 aromatic heterocycles. The van der Waals surface area contributed by atoms with E-state index in [1.807, 2.05) is 0 Å². The van der Waals surface area contributed by atoms with E-state index >= 15 is 0 Å². The first-order valence-corrected chi connectivity index (χ1v) is 8.62. The molecule has 118 valence electrons. The number of benzene rings is 2. The molecular formula is C21H24N2. The summed E-state index contributed by atoms with van der Waals surface area (Å²) < 4.78 is 2.47. The molecule has 2 heterocycles. The maximum absolute atomic E-state index is 2.51. The van der Waals surface area contributed by atoms with Crippen LogP contribution < -0.4 is 0 Å². The summed E-state index contributed by atoms with van der Waals surface area (Å²) in [5, 5.41) is 1.40. The molecule has 0 bridgehead atoms. The highest BCUT2D eigenvalue weighted by atomic mass is 15.2. The lowest BCUT2D eigenvalue weighted by atomic mass is 10.0. The second kappa shape index (κ2) is 6.21. The van der Waals surface area contributed by atoms with Crippen molar-refractivity contribution in [2.75, 3.05) is 13.6 Å². The van der Waals surface area contributed by atoms with E-state index in [1.54, 1.807) is 0 Å². The Morgan fingerprint density at radius 3 is 2.57 bits per heavy atom. The highest BCUT2D eigenvalue weighted by Gasteiger charge is 2.22. The fourth-order valence-corrected chi connectivity index (χ4v) is 3.87. The van der Waals surface area contributed by atoms with Gasteiger partial charge >= 0.3 is 0 Å². The van der Waals surface area contributed by atoms with Crippen LogP contribution in [0.5, 0.6) is 0 Å². The molecule has 2 nitrogen and oxygen atoms in total. The van der Waals surface area contributed by atoms with E-state index in [1.165, 1.54) is 41.4 Å². The average Bonchev–Trinajstić information content (AvgIpc) is 3.14. The van der Waals surface area contributed by atoms with E-state index in [9.17, 15) is 0 Å². The molecular weight excluding hydrogens is 280 g/mol. The molecule has 0 spiro atoms. The Labute approximate surface area is 138 Å². The number of aromatic nitrogens is 1. The topological polar surface area (TPSA) is 8.17 Å². The van der Waals surface area contributed by atoms with Crippen LogP contribution in [0.15, 0.2) is 60.8 Å². The smallest absolute Gasteiger partial charge is 0.0483 e. The lowest BCUT2D eigenvalue weighted by Gasteiger charge is -2.20. The van der Waals surface area contributed by atoms with Crippen molar-refractivity contribution < 1.29 is 0 Å². The number of likely N-dealkylation sites (N-methyl/N-ethyl adjacent to an activating group) is 1. The summed E-state index contributed by atoms with van der Waals surface area (Å²) in [6.45, 7) is 2.34. The Morgan fingerprint density at radius 2 is 1.78 bits per heavy atom. The predicted octanol–water partition coefficient (Wildman–Crippen LogP) is 4.33. The zero-order valence-corrected chi connectivity index (χ0v) is 13.8. The Morgan fingerprint density at radius 1 is 1.00 bits per heavy atom. The van der Waals surface area contributed by atoms with Gasteiger partial charge < -0.3 is 9.47 Å². The van der Waals surface area contributed by atoms with Crippen LogP contribution in [0.1, 0.15) is 24.0 Å². The molecule has 0 unspecified atom stereocenters. The zero-order chi connectivity index (χ0) is 15.6. The van der Waals surface area contributed by atoms with Gasteiger partial charge in [-0.05, 0) is 50.0 Å². The molecule has 3 aromatic rings. The quantitative estimate of drug-likeness (QED) is 0.696. The van der Waals surface area contributed by atoms with E-state index in [0.717, 1.165) is 13.0 Å². The highest BCUT2D eigenvalue weighted by molar-refractivity contribution is 5.84. The van der Waals surface area contributed by atoms with Gasteiger partial charge in [0, 0.05) is 29.7 Å². The van der Waals surface area contributed by atoms with Crippen molar-refractivity contribution in [1.29, 1.82) is 0 Å². The standard InChI is InChI=1S/C21H24N2/c1-22-13-7-10-19(22)16-23-15-18(14-17-8-3-2-4-9-17)20-11-5-6-12-21(20)23/h2-6,8-9,11-12,15,19H,7,10,13-14,16H2,1H3/t19-/m0/s1. The lowest BCUT2D eigenvalue weighted by Crippen LogP contribution is -2.29. The summed E-state index contributed by atoms with van der Waals surface area (Å²) in [5.74, 6) is 0. The molecule has 4 rings (SSSR count). The van der Waals surface area contributed by atoms with Gasteiger partial charge in [-0.3, -0.25) is 0 Å². The van der Waals surface area contributed by atoms with Crippen LogP contribution in [-0.2, 0) is 13.0 Å². The van der Waals surface area contributed by atoms with E-state index in [2.05, 4.69) is 77.3 Å². The normalized spacial score (nSPS) is 18.7. The van der Waals surface area contributed by atoms with E-state index in [-0.39, 0.29) is 0 Å². The third kappa shape index (κ3) is 2.91. The first-order chi connectivity index (χ1) is 11.3. The number of nitrogens with zero attached hydrogens (tertiary/aromatic N) is 2. The van der Waals surface area contributed by atoms with Gasteiger partial charge in [0.25, 0.3) is 0 Å². The van der Waals surface area contributed by atoms with Gasteiger partial charge in [0.15, 0.2) is 0 Å². The van der Waals surface area contributed by atoms with E-state index in [4.69, 9.17) is 0 Å². The van der Waals surface area contributed by atoms with Gasteiger partial charge in [0.05, 0.1) is 0 Å². The molecule has 1 fully saturated rings. The van der Waals surface area contributed by atoms with Crippen LogP contribution in [-0.4, -0.2) is 29.1 Å². The number of hydrogen-bond acceptors (Lipinski definition) is 1. The summed E-state index contributed by atoms with van der Waals surface area (Å²) in [5.41, 5.74) is 4.19. The van der Waals surface area contributed by atoms with Crippen LogP contribution in [0.4, 0.5) is 0 Å². The lowest BCUT2D eigenvalue weighted by molar-refractivity contribution is 0.284. The molecule has 2 heteroatoms. The Hall–Kier alpha value is -2.06. The molecule has 0 radical (unpaired) electrons. The summed E-state index contributed by atoms with van der Waals surface area (Å²) in [4.78, 5) is 2.51. The average molecular weight is 304 g/mol. The minimum atomic E-state index is 0.676. The van der Waals surface area contributed by atoms with Gasteiger partial charge in [-0.2, -0.15) is 0 Å². The van der Waals surface area contributed by atoms with Crippen LogP contribution >= 0.6 is 0 Å². The molecule has 1 atom stereocenters. The minimum Gasteiger partial charge on any atom is -0.346 e. The summed E-state index contributed by atoms with van der Waals surface area (Å²) in [6.07, 6.45) is 6.03. The van der Waals surface area contributed by atoms with Gasteiger partial charge in [0.1, 0.15) is 0 Å². The minimum absolute atomic E-state index is 0.676. The van der Waals surface area contributed by atoms with Crippen molar-refractivity contribution in [2.45, 2.75) is 31.8 Å². The van der Waals surface area contributed by atoms with Crippen molar-refractivity contribution in [1.82, 2.24) is 9.47 Å². The predicted molar refractivity (Wildman–Crippen MR) is 96.8 cm³/mol. The first kappa shape index (κ1) is 14.5. The maximum atomic E-state index is 2.51. The molecule has 2 aromatic carbocycles. The number of fused-ring (bicyclic) bond motifs is 1. The van der Waals surface area contributed by atoms with Crippen LogP contribution in [0.2, 0.25) is 0 Å². The number of hydrogen-bond donors (Lipinski definition) is 0. The van der Waals surface area contributed by atoms with Gasteiger partial charge in [-0.1, -0.05) is 48.5 Å². The van der Waals surface area contributed by atoms with E-state index < -0.39 is 0 Å². The number of likely N-dealkylation sites (tertiary alicyclic amines) is 1. The Kier molecular flexibility index (Phi) is 3.92. The van der Waals surface area contributed by atoms with Gasteiger partial charge in [-0.15, -0.1) is 0 Å². The molecule has 0 amide bonds. The first-order valence-electron chi connectivity index (χ1n) is 8.62. The van der Waals surface area contributed by atoms with Crippen molar-refractivity contribution in [3.05, 3.63) is 71.9 Å². The van der Waals surface area contributed by atoms with Crippen LogP contribution in [0, 0.1) is 0 Å². The van der Waals surface area contributed by atoms with Crippen molar-refractivity contribution in [3.63, 3.8) is 0 Å². The molecule has 1 aliphatic heterocycles. The molecule has 0 saturated carbocycles. The summed E-state index contributed by atoms with van der Waals surface area (Å²) >= 11 is 0. The third-order valence-corrected chi connectivity index (χ3v) is 5.19. The SMILES string of the molecule is CN1CCC[C@H]1Cn1cc(Cc2ccccc2)c2ccccc21. The Balaban J connectivity index is 1.68. The van der Waals surface area contributed by atoms with Crippen molar-refractivity contribution in [2.24, 2.45) is 0 Å². The molecule has 0 N–H and O–H groups in total. The number of rotatable bonds is 4. The Bertz CT molecular complexity index is 788. The highest BCUT2D eigenvalue weighted by Crippen LogP contribution is 2.26. The zero-order valence-electron chi connectivity index (χ0n) is 13.8. The molecule has 1 aliphatic rings. The molecule has 23 heavy (non-hydrogen) atoms. The maximum Gasteiger partial charge on any atom is 0.0483 e. The fourth-order valence-electron chi connectivity index (χ4n) is 3.87. The van der Waals surface area contributed by atoms with Crippen LogP contribution in [0.25, 0.3) is 10.9 Å².